The van der Waals surface area contributed by atoms with Gasteiger partial charge in [-0.3, -0.25) is 14.9 Å². The maximum atomic E-state index is 12.4. The molecule has 0 atom stereocenters. The number of thiophene rings is 1. The van der Waals surface area contributed by atoms with Gasteiger partial charge in [0.2, 0.25) is 0 Å². The van der Waals surface area contributed by atoms with E-state index >= 15 is 0 Å². The minimum Gasteiger partial charge on any atom is -0.365 e. The van der Waals surface area contributed by atoms with Crippen LogP contribution in [0.3, 0.4) is 0 Å². The Bertz CT molecular complexity index is 1080. The van der Waals surface area contributed by atoms with Crippen LogP contribution in [0.1, 0.15) is 36.7 Å². The predicted molar refractivity (Wildman–Crippen MR) is 122 cm³/mol. The molecule has 0 aliphatic carbocycles. The van der Waals surface area contributed by atoms with Crippen molar-refractivity contribution in [3.63, 3.8) is 0 Å². The van der Waals surface area contributed by atoms with Crippen LogP contribution in [-0.4, -0.2) is 16.9 Å². The van der Waals surface area contributed by atoms with Crippen LogP contribution < -0.4 is 16.4 Å². The lowest BCUT2D eigenvalue weighted by molar-refractivity contribution is 0.0975. The van der Waals surface area contributed by atoms with E-state index in [-0.39, 0.29) is 5.11 Å². The van der Waals surface area contributed by atoms with E-state index in [1.54, 1.807) is 24.3 Å². The first-order valence-electron chi connectivity index (χ1n) is 8.69. The Morgan fingerprint density at radius 2 is 1.76 bits per heavy atom. The average molecular weight is 444 g/mol. The number of nitrogens with one attached hydrogen (secondary N) is 2. The van der Waals surface area contributed by atoms with Crippen molar-refractivity contribution in [2.24, 2.45) is 5.73 Å². The Balaban J connectivity index is 1.80. The lowest BCUT2D eigenvalue weighted by atomic mass is 10.1. The number of amides is 2. The number of halogens is 1. The first-order chi connectivity index (χ1) is 13.9. The molecule has 1 heterocycles. The molecule has 0 radical (unpaired) electrons. The molecular formula is C21H18ClN3O2S2. The second-order valence-electron chi connectivity index (χ2n) is 6.27. The van der Waals surface area contributed by atoms with E-state index in [4.69, 9.17) is 29.6 Å². The zero-order valence-corrected chi connectivity index (χ0v) is 17.9. The Labute approximate surface area is 182 Å². The van der Waals surface area contributed by atoms with Crippen molar-refractivity contribution in [2.45, 2.75) is 13.3 Å². The third-order valence-corrected chi connectivity index (χ3v) is 6.01. The predicted octanol–water partition coefficient (Wildman–Crippen LogP) is 4.53. The molecule has 0 saturated heterocycles. The third-order valence-electron chi connectivity index (χ3n) is 4.27. The zero-order chi connectivity index (χ0) is 21.0. The number of rotatable bonds is 5. The highest BCUT2D eigenvalue weighted by molar-refractivity contribution is 7.80. The second kappa shape index (κ2) is 9.17. The normalized spacial score (nSPS) is 10.4. The molecule has 3 aromatic rings. The smallest absolute Gasteiger partial charge is 0.258 e. The summed E-state index contributed by atoms with van der Waals surface area (Å²) in [5.41, 5.74) is 8.19. The highest BCUT2D eigenvalue weighted by atomic mass is 35.5. The summed E-state index contributed by atoms with van der Waals surface area (Å²) < 4.78 is 0. The van der Waals surface area contributed by atoms with Gasteiger partial charge in [-0.15, -0.1) is 11.3 Å². The van der Waals surface area contributed by atoms with E-state index in [1.807, 2.05) is 37.3 Å². The average Bonchev–Trinajstić information content (AvgIpc) is 2.97. The van der Waals surface area contributed by atoms with Gasteiger partial charge in [0, 0.05) is 11.3 Å². The quantitative estimate of drug-likeness (QED) is 0.506. The molecule has 3 rings (SSSR count). The van der Waals surface area contributed by atoms with Crippen molar-refractivity contribution in [3.8, 4) is 0 Å². The number of hydrogen-bond acceptors (Lipinski definition) is 4. The van der Waals surface area contributed by atoms with Crippen LogP contribution in [0.2, 0.25) is 5.02 Å². The molecule has 4 N–H and O–H groups in total. The minimum absolute atomic E-state index is 0.0601. The van der Waals surface area contributed by atoms with E-state index in [1.165, 1.54) is 11.3 Å². The summed E-state index contributed by atoms with van der Waals surface area (Å²) in [6.45, 7) is 1.85. The van der Waals surface area contributed by atoms with Gasteiger partial charge < -0.3 is 11.1 Å². The third kappa shape index (κ3) is 5.00. The summed E-state index contributed by atoms with van der Waals surface area (Å²) in [5.74, 6) is -0.993. The van der Waals surface area contributed by atoms with E-state index in [0.717, 1.165) is 16.0 Å². The maximum absolute atomic E-state index is 12.4. The number of carbonyl (C=O) groups is 2. The fourth-order valence-electron chi connectivity index (χ4n) is 2.85. The van der Waals surface area contributed by atoms with Crippen molar-refractivity contribution >= 4 is 57.1 Å². The molecule has 148 valence electrons. The molecule has 0 aliphatic rings. The number of anilines is 1. The number of nitrogens with two attached hydrogens (primary N) is 1. The zero-order valence-electron chi connectivity index (χ0n) is 15.5. The molecular weight excluding hydrogens is 426 g/mol. The Hall–Kier alpha value is -2.74. The molecule has 0 bridgehead atoms. The van der Waals surface area contributed by atoms with E-state index in [9.17, 15) is 9.59 Å². The molecule has 2 aromatic carbocycles. The van der Waals surface area contributed by atoms with Crippen LogP contribution in [0.5, 0.6) is 0 Å². The van der Waals surface area contributed by atoms with Crippen LogP contribution in [-0.2, 0) is 6.42 Å². The summed E-state index contributed by atoms with van der Waals surface area (Å²) in [6, 6.07) is 16.6. The fourth-order valence-corrected chi connectivity index (χ4v) is 4.58. The van der Waals surface area contributed by atoms with Gasteiger partial charge in [0.1, 0.15) is 5.00 Å². The molecule has 0 saturated carbocycles. The fraction of sp³-hybridized carbons (Fsp3) is 0.0952. The van der Waals surface area contributed by atoms with Crippen molar-refractivity contribution in [3.05, 3.63) is 86.8 Å². The molecule has 0 unspecified atom stereocenters. The van der Waals surface area contributed by atoms with E-state index in [2.05, 4.69) is 10.6 Å². The van der Waals surface area contributed by atoms with Crippen LogP contribution in [0.4, 0.5) is 5.00 Å². The van der Waals surface area contributed by atoms with E-state index < -0.39 is 11.8 Å². The summed E-state index contributed by atoms with van der Waals surface area (Å²) >= 11 is 12.7. The van der Waals surface area contributed by atoms with Crippen LogP contribution in [0, 0.1) is 6.92 Å². The van der Waals surface area contributed by atoms with E-state index in [0.29, 0.717) is 27.6 Å². The van der Waals surface area contributed by atoms with Gasteiger partial charge in [-0.1, -0.05) is 54.1 Å². The number of hydrogen-bond donors (Lipinski definition) is 3. The molecule has 5 nitrogen and oxygen atoms in total. The van der Waals surface area contributed by atoms with Crippen LogP contribution >= 0.6 is 35.2 Å². The first-order valence-corrected chi connectivity index (χ1v) is 10.3. The summed E-state index contributed by atoms with van der Waals surface area (Å²) in [4.78, 5) is 25.4. The second-order valence-corrected chi connectivity index (χ2v) is 8.19. The summed E-state index contributed by atoms with van der Waals surface area (Å²) in [5, 5.41) is 6.40. The molecule has 8 heteroatoms. The molecule has 0 aliphatic heterocycles. The molecule has 1 aromatic heterocycles. The van der Waals surface area contributed by atoms with Gasteiger partial charge in [-0.05, 0) is 42.4 Å². The standard InChI is InChI=1S/C21H18ClN3O2S2/c1-12-16(11-13-7-3-2-4-8-13)29-20(17(12)18(23)26)25-21(28)24-19(27)14-9-5-6-10-15(14)22/h2-10H,11H2,1H3,(H2,23,26)(H2,24,25,27,28). The highest BCUT2D eigenvalue weighted by Gasteiger charge is 2.21. The van der Waals surface area contributed by atoms with Gasteiger partial charge in [0.15, 0.2) is 5.11 Å². The summed E-state index contributed by atoms with van der Waals surface area (Å²) in [7, 11) is 0. The lowest BCUT2D eigenvalue weighted by Gasteiger charge is -2.10. The number of carbonyl (C=O) groups excluding carboxylic acids is 2. The largest absolute Gasteiger partial charge is 0.365 e. The molecule has 2 amide bonds. The van der Waals surface area contributed by atoms with Crippen molar-refractivity contribution in [1.82, 2.24) is 5.32 Å². The number of benzene rings is 2. The van der Waals surface area contributed by atoms with Gasteiger partial charge >= 0.3 is 0 Å². The number of primary amides is 1. The number of thiocarbonyl (C=S) groups is 1. The van der Waals surface area contributed by atoms with Gasteiger partial charge in [0.25, 0.3) is 11.8 Å². The Morgan fingerprint density at radius 1 is 1.10 bits per heavy atom. The van der Waals surface area contributed by atoms with Gasteiger partial charge in [0.05, 0.1) is 16.1 Å². The van der Waals surface area contributed by atoms with Crippen molar-refractivity contribution in [2.75, 3.05) is 5.32 Å². The Morgan fingerprint density at radius 3 is 2.41 bits per heavy atom. The molecule has 0 fully saturated rings. The highest BCUT2D eigenvalue weighted by Crippen LogP contribution is 2.34. The SMILES string of the molecule is Cc1c(Cc2ccccc2)sc(NC(=S)NC(=O)c2ccccc2Cl)c1C(N)=O. The topological polar surface area (TPSA) is 84.2 Å². The molecule has 0 spiro atoms. The van der Waals surface area contributed by atoms with Crippen LogP contribution in [0.15, 0.2) is 54.6 Å². The monoisotopic (exact) mass is 443 g/mol. The van der Waals surface area contributed by atoms with Crippen LogP contribution in [0.25, 0.3) is 0 Å². The minimum atomic E-state index is -0.555. The van der Waals surface area contributed by atoms with Gasteiger partial charge in [-0.2, -0.15) is 0 Å². The maximum Gasteiger partial charge on any atom is 0.258 e. The van der Waals surface area contributed by atoms with Gasteiger partial charge in [-0.25, -0.2) is 0 Å². The Kier molecular flexibility index (Phi) is 6.64. The summed E-state index contributed by atoms with van der Waals surface area (Å²) in [6.07, 6.45) is 0.665. The first kappa shape index (κ1) is 21.0. The molecule has 29 heavy (non-hydrogen) atoms. The van der Waals surface area contributed by atoms with Crippen molar-refractivity contribution in [1.29, 1.82) is 0 Å². The van der Waals surface area contributed by atoms with Crippen molar-refractivity contribution < 1.29 is 9.59 Å². The lowest BCUT2D eigenvalue weighted by Crippen LogP contribution is -2.34.